The molecule has 0 radical (unpaired) electrons. The van der Waals surface area contributed by atoms with Gasteiger partial charge < -0.3 is 18.9 Å². The van der Waals surface area contributed by atoms with E-state index in [1.54, 1.807) is 0 Å². The zero-order valence-electron chi connectivity index (χ0n) is 17.6. The summed E-state index contributed by atoms with van der Waals surface area (Å²) in [5, 5.41) is 0.785. The Morgan fingerprint density at radius 2 is 1.90 bits per heavy atom. The maximum atomic E-state index is 6.12. The lowest BCUT2D eigenvalue weighted by Gasteiger charge is -2.26. The molecule has 31 heavy (non-hydrogen) atoms. The molecule has 0 aliphatic carbocycles. The first-order chi connectivity index (χ1) is 15.2. The predicted molar refractivity (Wildman–Crippen MR) is 127 cm³/mol. The second-order valence-corrected chi connectivity index (χ2v) is 8.39. The van der Waals surface area contributed by atoms with Crippen molar-refractivity contribution in [2.75, 3.05) is 46.1 Å². The molecule has 1 saturated heterocycles. The Hall–Kier alpha value is -2.17. The van der Waals surface area contributed by atoms with Crippen molar-refractivity contribution in [1.82, 2.24) is 14.9 Å². The standard InChI is InChI=1S/C23H26IN3O4/c1-2-29-22-15-20-19(14-21(22)30-10-4-7-27-8-11-28-12-9-27)23(26-16-25-20)31-18-6-3-5-17(24)13-18/h3,5-6,13-16H,2,4,7-12H2,1H3/i24+4. The third kappa shape index (κ3) is 5.96. The SMILES string of the molecule is CCOc1cc2ncnc(Oc3cccc([131I])c3)c2cc1OCCCN1CCOCC1. The van der Waals surface area contributed by atoms with Crippen LogP contribution in [0.4, 0.5) is 0 Å². The summed E-state index contributed by atoms with van der Waals surface area (Å²) in [5.74, 6) is 2.58. The van der Waals surface area contributed by atoms with E-state index in [1.165, 1.54) is 6.33 Å². The largest absolute Gasteiger partial charge is 0.490 e. The molecule has 1 fully saturated rings. The van der Waals surface area contributed by atoms with Crippen LogP contribution < -0.4 is 14.2 Å². The molecule has 1 aliphatic heterocycles. The van der Waals surface area contributed by atoms with Gasteiger partial charge in [-0.05, 0) is 60.2 Å². The van der Waals surface area contributed by atoms with Gasteiger partial charge in [0.25, 0.3) is 0 Å². The monoisotopic (exact) mass is 539 g/mol. The van der Waals surface area contributed by atoms with Gasteiger partial charge in [0.2, 0.25) is 5.88 Å². The third-order valence-electron chi connectivity index (χ3n) is 4.95. The predicted octanol–water partition coefficient (Wildman–Crippen LogP) is 4.53. The lowest BCUT2D eigenvalue weighted by molar-refractivity contribution is 0.0357. The molecule has 3 aromatic rings. The number of aromatic nitrogens is 2. The van der Waals surface area contributed by atoms with Gasteiger partial charge in [0.05, 0.1) is 37.3 Å². The van der Waals surface area contributed by atoms with Crippen molar-refractivity contribution in [1.29, 1.82) is 0 Å². The fourth-order valence-corrected chi connectivity index (χ4v) is 3.95. The molecule has 8 heteroatoms. The average molecular weight is 539 g/mol. The van der Waals surface area contributed by atoms with Gasteiger partial charge in [-0.1, -0.05) is 6.07 Å². The molecule has 7 nitrogen and oxygen atoms in total. The fraction of sp³-hybridized carbons (Fsp3) is 0.391. The number of nitrogens with zero attached hydrogens (tertiary/aromatic N) is 3. The van der Waals surface area contributed by atoms with Crippen LogP contribution in [0.15, 0.2) is 42.7 Å². The van der Waals surface area contributed by atoms with Crippen molar-refractivity contribution in [3.63, 3.8) is 0 Å². The highest BCUT2D eigenvalue weighted by Gasteiger charge is 2.14. The van der Waals surface area contributed by atoms with E-state index in [4.69, 9.17) is 18.9 Å². The first-order valence-electron chi connectivity index (χ1n) is 10.5. The van der Waals surface area contributed by atoms with Crippen LogP contribution in [0.2, 0.25) is 0 Å². The maximum Gasteiger partial charge on any atom is 0.230 e. The van der Waals surface area contributed by atoms with E-state index >= 15 is 0 Å². The van der Waals surface area contributed by atoms with Crippen molar-refractivity contribution in [2.45, 2.75) is 13.3 Å². The molecule has 2 heterocycles. The number of hydrogen-bond acceptors (Lipinski definition) is 7. The molecular weight excluding hydrogens is 513 g/mol. The molecule has 2 aromatic carbocycles. The van der Waals surface area contributed by atoms with E-state index in [2.05, 4.69) is 37.5 Å². The first kappa shape index (κ1) is 22.0. The fourth-order valence-electron chi connectivity index (χ4n) is 3.44. The second-order valence-electron chi connectivity index (χ2n) is 7.14. The van der Waals surface area contributed by atoms with Gasteiger partial charge in [-0.25, -0.2) is 9.97 Å². The van der Waals surface area contributed by atoms with Gasteiger partial charge in [0.15, 0.2) is 11.5 Å². The van der Waals surface area contributed by atoms with Crippen molar-refractivity contribution >= 4 is 33.5 Å². The summed E-state index contributed by atoms with van der Waals surface area (Å²) in [7, 11) is 0. The molecule has 1 aliphatic rings. The summed E-state index contributed by atoms with van der Waals surface area (Å²) in [6.07, 6.45) is 2.44. The van der Waals surface area contributed by atoms with Crippen molar-refractivity contribution in [2.24, 2.45) is 0 Å². The van der Waals surface area contributed by atoms with E-state index in [1.807, 2.05) is 43.3 Å². The van der Waals surface area contributed by atoms with Crippen LogP contribution >= 0.6 is 22.6 Å². The minimum atomic E-state index is 0.494. The van der Waals surface area contributed by atoms with E-state index in [9.17, 15) is 0 Å². The quantitative estimate of drug-likeness (QED) is 0.293. The number of hydrogen-bond donors (Lipinski definition) is 0. The molecule has 4 rings (SSSR count). The highest BCUT2D eigenvalue weighted by Crippen LogP contribution is 2.36. The van der Waals surface area contributed by atoms with Crippen LogP contribution in [0.5, 0.6) is 23.1 Å². The highest BCUT2D eigenvalue weighted by atomic mass is 131. The summed E-state index contributed by atoms with van der Waals surface area (Å²) >= 11 is 2.26. The molecule has 0 saturated carbocycles. The number of halogens is 1. The number of benzene rings is 2. The molecule has 0 amide bonds. The topological polar surface area (TPSA) is 65.9 Å². The molecule has 0 N–H and O–H groups in total. The van der Waals surface area contributed by atoms with Gasteiger partial charge >= 0.3 is 0 Å². The van der Waals surface area contributed by atoms with Crippen molar-refractivity contribution in [3.05, 3.63) is 46.3 Å². The number of rotatable bonds is 9. The van der Waals surface area contributed by atoms with Gasteiger partial charge in [-0.2, -0.15) is 0 Å². The van der Waals surface area contributed by atoms with E-state index in [0.717, 1.165) is 59.5 Å². The minimum Gasteiger partial charge on any atom is -0.490 e. The third-order valence-corrected chi connectivity index (χ3v) is 5.63. The molecule has 0 bridgehead atoms. The molecular formula is C23H26IN3O4. The minimum absolute atomic E-state index is 0.494. The molecule has 164 valence electrons. The Bertz CT molecular complexity index is 1010. The van der Waals surface area contributed by atoms with Gasteiger partial charge in [0.1, 0.15) is 12.1 Å². The van der Waals surface area contributed by atoms with E-state index in [0.29, 0.717) is 30.6 Å². The van der Waals surface area contributed by atoms with Crippen LogP contribution in [0.3, 0.4) is 0 Å². The summed E-state index contributed by atoms with van der Waals surface area (Å²) in [5.41, 5.74) is 0.750. The zero-order valence-corrected chi connectivity index (χ0v) is 19.7. The average Bonchev–Trinajstić information content (AvgIpc) is 2.78. The lowest BCUT2D eigenvalue weighted by atomic mass is 10.2. The highest BCUT2D eigenvalue weighted by molar-refractivity contribution is 14.1. The van der Waals surface area contributed by atoms with Gasteiger partial charge in [-0.15, -0.1) is 0 Å². The number of morpholine rings is 1. The summed E-state index contributed by atoms with van der Waals surface area (Å²) in [4.78, 5) is 11.2. The summed E-state index contributed by atoms with van der Waals surface area (Å²) < 4.78 is 24.5. The van der Waals surface area contributed by atoms with Crippen LogP contribution in [-0.2, 0) is 4.74 Å². The second kappa shape index (κ2) is 10.9. The Morgan fingerprint density at radius 3 is 2.71 bits per heavy atom. The van der Waals surface area contributed by atoms with E-state index < -0.39 is 0 Å². The smallest absolute Gasteiger partial charge is 0.230 e. The molecule has 1 aromatic heterocycles. The van der Waals surface area contributed by atoms with Crippen LogP contribution in [0.1, 0.15) is 13.3 Å². The van der Waals surface area contributed by atoms with E-state index in [-0.39, 0.29) is 0 Å². The van der Waals surface area contributed by atoms with Crippen molar-refractivity contribution < 1.29 is 18.9 Å². The summed E-state index contributed by atoms with van der Waals surface area (Å²) in [6.45, 7) is 7.68. The Kier molecular flexibility index (Phi) is 7.76. The van der Waals surface area contributed by atoms with Crippen LogP contribution in [0.25, 0.3) is 10.9 Å². The number of ether oxygens (including phenoxy) is 4. The first-order valence-corrected chi connectivity index (χ1v) is 11.6. The normalized spacial score (nSPS) is 14.5. The Morgan fingerprint density at radius 1 is 1.06 bits per heavy atom. The Labute approximate surface area is 195 Å². The Balaban J connectivity index is 1.52. The molecule has 0 spiro atoms. The lowest BCUT2D eigenvalue weighted by Crippen LogP contribution is -2.37. The van der Waals surface area contributed by atoms with Crippen molar-refractivity contribution in [3.8, 4) is 23.1 Å². The van der Waals surface area contributed by atoms with Crippen LogP contribution in [0, 0.1) is 3.57 Å². The van der Waals surface area contributed by atoms with Gasteiger partial charge in [-0.3, -0.25) is 4.90 Å². The number of fused-ring (bicyclic) bond motifs is 1. The maximum absolute atomic E-state index is 6.12. The molecule has 0 unspecified atom stereocenters. The van der Waals surface area contributed by atoms with Crippen LogP contribution in [-0.4, -0.2) is 60.9 Å². The van der Waals surface area contributed by atoms with Gasteiger partial charge in [0, 0.05) is 29.3 Å². The molecule has 0 atom stereocenters. The summed E-state index contributed by atoms with van der Waals surface area (Å²) in [6, 6.07) is 11.6. The zero-order chi connectivity index (χ0) is 21.5.